The Morgan fingerprint density at radius 1 is 1.25 bits per heavy atom. The number of amides is 3. The van der Waals surface area contributed by atoms with Gasteiger partial charge >= 0.3 is 12.2 Å². The first-order chi connectivity index (χ1) is 13.3. The Labute approximate surface area is 162 Å². The van der Waals surface area contributed by atoms with Crippen LogP contribution in [0.5, 0.6) is 0 Å². The highest BCUT2D eigenvalue weighted by atomic mass is 32.2. The summed E-state index contributed by atoms with van der Waals surface area (Å²) in [6, 6.07) is 2.28. The second-order valence-electron chi connectivity index (χ2n) is 5.32. The zero-order chi connectivity index (χ0) is 20.6. The van der Waals surface area contributed by atoms with Crippen LogP contribution in [-0.4, -0.2) is 63.9 Å². The molecule has 0 spiro atoms. The van der Waals surface area contributed by atoms with Crippen molar-refractivity contribution in [3.63, 3.8) is 0 Å². The summed E-state index contributed by atoms with van der Waals surface area (Å²) in [5, 5.41) is 11.9. The van der Waals surface area contributed by atoms with Crippen molar-refractivity contribution >= 4 is 23.7 Å². The van der Waals surface area contributed by atoms with E-state index in [0.29, 0.717) is 24.1 Å². The molecule has 9 nitrogen and oxygen atoms in total. The monoisotopic (exact) mass is 418 g/mol. The SMILES string of the molecule is COCCn1c(SCC(=O)NC(=O)NCC(F)(F)F)nnc1-c1ccncc1. The van der Waals surface area contributed by atoms with E-state index in [1.165, 1.54) is 7.11 Å². The van der Waals surface area contributed by atoms with Crippen LogP contribution in [0.25, 0.3) is 11.4 Å². The molecule has 0 unspecified atom stereocenters. The number of alkyl halides is 3. The second-order valence-corrected chi connectivity index (χ2v) is 6.26. The van der Waals surface area contributed by atoms with Gasteiger partial charge in [-0.15, -0.1) is 10.2 Å². The van der Waals surface area contributed by atoms with Gasteiger partial charge in [-0.25, -0.2) is 4.79 Å². The highest BCUT2D eigenvalue weighted by molar-refractivity contribution is 7.99. The van der Waals surface area contributed by atoms with Crippen LogP contribution in [0, 0.1) is 0 Å². The number of nitrogens with one attached hydrogen (secondary N) is 2. The van der Waals surface area contributed by atoms with Crippen molar-refractivity contribution in [3.05, 3.63) is 24.5 Å². The minimum atomic E-state index is -4.56. The number of hydrogen-bond acceptors (Lipinski definition) is 7. The average molecular weight is 418 g/mol. The zero-order valence-electron chi connectivity index (χ0n) is 14.7. The number of halogens is 3. The van der Waals surface area contributed by atoms with Crippen LogP contribution >= 0.6 is 11.8 Å². The molecule has 0 fully saturated rings. The van der Waals surface area contributed by atoms with E-state index in [2.05, 4.69) is 15.2 Å². The fourth-order valence-corrected chi connectivity index (χ4v) is 2.78. The number of nitrogens with zero attached hydrogens (tertiary/aromatic N) is 4. The van der Waals surface area contributed by atoms with Gasteiger partial charge in [0.05, 0.1) is 18.9 Å². The summed E-state index contributed by atoms with van der Waals surface area (Å²) < 4.78 is 43.0. The molecule has 0 bridgehead atoms. The molecule has 152 valence electrons. The Morgan fingerprint density at radius 3 is 2.61 bits per heavy atom. The van der Waals surface area contributed by atoms with Gasteiger partial charge in [-0.2, -0.15) is 13.2 Å². The van der Waals surface area contributed by atoms with Gasteiger partial charge in [0.15, 0.2) is 11.0 Å². The third-order valence-electron chi connectivity index (χ3n) is 3.21. The standard InChI is InChI=1S/C15H17F3N6O3S/c1-27-7-6-24-12(10-2-4-19-5-3-10)22-23-14(24)28-8-11(25)21-13(26)20-9-15(16,17)18/h2-5H,6-9H2,1H3,(H2,20,21,25,26). The van der Waals surface area contributed by atoms with Gasteiger partial charge in [0.1, 0.15) is 6.54 Å². The van der Waals surface area contributed by atoms with Crippen molar-refractivity contribution in [1.29, 1.82) is 0 Å². The minimum absolute atomic E-state index is 0.235. The van der Waals surface area contributed by atoms with Crippen molar-refractivity contribution in [2.75, 3.05) is 26.0 Å². The summed E-state index contributed by atoms with van der Waals surface area (Å²) in [5.41, 5.74) is 0.765. The maximum Gasteiger partial charge on any atom is 0.405 e. The smallest absolute Gasteiger partial charge is 0.383 e. The van der Waals surface area contributed by atoms with Gasteiger partial charge in [0, 0.05) is 25.1 Å². The van der Waals surface area contributed by atoms with Crippen LogP contribution in [-0.2, 0) is 16.1 Å². The Hall–Kier alpha value is -2.67. The molecule has 0 aromatic carbocycles. The van der Waals surface area contributed by atoms with Crippen molar-refractivity contribution in [1.82, 2.24) is 30.4 Å². The number of thioether (sulfide) groups is 1. The lowest BCUT2D eigenvalue weighted by atomic mass is 10.2. The van der Waals surface area contributed by atoms with Crippen LogP contribution < -0.4 is 10.6 Å². The normalized spacial score (nSPS) is 11.3. The maximum absolute atomic E-state index is 12.0. The van der Waals surface area contributed by atoms with E-state index in [9.17, 15) is 22.8 Å². The molecule has 0 saturated carbocycles. The van der Waals surface area contributed by atoms with E-state index in [1.54, 1.807) is 34.4 Å². The summed E-state index contributed by atoms with van der Waals surface area (Å²) in [6.45, 7) is -0.743. The van der Waals surface area contributed by atoms with E-state index >= 15 is 0 Å². The van der Waals surface area contributed by atoms with Crippen molar-refractivity contribution in [3.8, 4) is 11.4 Å². The van der Waals surface area contributed by atoms with Gasteiger partial charge in [-0.1, -0.05) is 11.8 Å². The third-order valence-corrected chi connectivity index (χ3v) is 4.18. The molecular formula is C15H17F3N6O3S. The molecule has 3 amide bonds. The molecule has 2 heterocycles. The van der Waals surface area contributed by atoms with E-state index < -0.39 is 24.7 Å². The lowest BCUT2D eigenvalue weighted by Crippen LogP contribution is -2.43. The Balaban J connectivity index is 1.98. The molecule has 2 N–H and O–H groups in total. The lowest BCUT2D eigenvalue weighted by molar-refractivity contribution is -0.124. The molecule has 0 saturated heterocycles. The lowest BCUT2D eigenvalue weighted by Gasteiger charge is -2.10. The first kappa shape index (κ1) is 21.6. The van der Waals surface area contributed by atoms with Crippen LogP contribution in [0.1, 0.15) is 0 Å². The third kappa shape index (κ3) is 6.81. The van der Waals surface area contributed by atoms with Crippen molar-refractivity contribution in [2.24, 2.45) is 0 Å². The Bertz CT molecular complexity index is 800. The molecule has 28 heavy (non-hydrogen) atoms. The first-order valence-corrected chi connectivity index (χ1v) is 8.88. The number of imide groups is 1. The van der Waals surface area contributed by atoms with Crippen molar-refractivity contribution < 1.29 is 27.5 Å². The predicted octanol–water partition coefficient (Wildman–Crippen LogP) is 1.47. The van der Waals surface area contributed by atoms with Crippen molar-refractivity contribution in [2.45, 2.75) is 17.9 Å². The van der Waals surface area contributed by atoms with Crippen LogP contribution in [0.4, 0.5) is 18.0 Å². The topological polar surface area (TPSA) is 111 Å². The van der Waals surface area contributed by atoms with Crippen LogP contribution in [0.15, 0.2) is 29.7 Å². The van der Waals surface area contributed by atoms with E-state index in [-0.39, 0.29) is 5.75 Å². The highest BCUT2D eigenvalue weighted by Crippen LogP contribution is 2.23. The fraction of sp³-hybridized carbons (Fsp3) is 0.400. The number of pyridine rings is 1. The van der Waals surface area contributed by atoms with Crippen LogP contribution in [0.3, 0.4) is 0 Å². The summed E-state index contributed by atoms with van der Waals surface area (Å²) in [6.07, 6.45) is -1.36. The summed E-state index contributed by atoms with van der Waals surface area (Å²) in [4.78, 5) is 27.0. The summed E-state index contributed by atoms with van der Waals surface area (Å²) in [5.74, 6) is -0.456. The maximum atomic E-state index is 12.0. The van der Waals surface area contributed by atoms with E-state index in [4.69, 9.17) is 4.74 Å². The molecule has 2 aromatic heterocycles. The van der Waals surface area contributed by atoms with Gasteiger partial charge in [-0.3, -0.25) is 19.7 Å². The van der Waals surface area contributed by atoms with E-state index in [0.717, 1.165) is 17.3 Å². The molecular weight excluding hydrogens is 401 g/mol. The van der Waals surface area contributed by atoms with Gasteiger partial charge in [-0.05, 0) is 12.1 Å². The van der Waals surface area contributed by atoms with Gasteiger partial charge < -0.3 is 10.1 Å². The Morgan fingerprint density at radius 2 is 1.96 bits per heavy atom. The van der Waals surface area contributed by atoms with E-state index in [1.807, 2.05) is 5.32 Å². The molecule has 0 atom stereocenters. The summed E-state index contributed by atoms with van der Waals surface area (Å²) in [7, 11) is 1.54. The Kier molecular flexibility index (Phi) is 7.75. The molecule has 2 aromatic rings. The highest BCUT2D eigenvalue weighted by Gasteiger charge is 2.28. The number of aromatic nitrogens is 4. The number of hydrogen-bond donors (Lipinski definition) is 2. The largest absolute Gasteiger partial charge is 0.405 e. The summed E-state index contributed by atoms with van der Waals surface area (Å²) >= 11 is 0.991. The quantitative estimate of drug-likeness (QED) is 0.625. The number of carbonyl (C=O) groups is 2. The molecule has 0 radical (unpaired) electrons. The average Bonchev–Trinajstić information content (AvgIpc) is 3.06. The fourth-order valence-electron chi connectivity index (χ4n) is 2.01. The molecule has 0 aliphatic rings. The zero-order valence-corrected chi connectivity index (χ0v) is 15.5. The van der Waals surface area contributed by atoms with Gasteiger partial charge in [0.25, 0.3) is 0 Å². The molecule has 13 heteroatoms. The van der Waals surface area contributed by atoms with Crippen LogP contribution in [0.2, 0.25) is 0 Å². The number of urea groups is 1. The number of rotatable bonds is 8. The predicted molar refractivity (Wildman–Crippen MR) is 93.4 cm³/mol. The number of ether oxygens (including phenoxy) is 1. The number of carbonyl (C=O) groups excluding carboxylic acids is 2. The minimum Gasteiger partial charge on any atom is -0.383 e. The number of methoxy groups -OCH3 is 1. The molecule has 0 aliphatic carbocycles. The molecule has 2 rings (SSSR count). The van der Waals surface area contributed by atoms with Gasteiger partial charge in [0.2, 0.25) is 5.91 Å². The molecule has 0 aliphatic heterocycles. The second kappa shape index (κ2) is 10.0. The first-order valence-electron chi connectivity index (χ1n) is 7.90.